The Morgan fingerprint density at radius 1 is 0.447 bits per heavy atom. The van der Waals surface area contributed by atoms with Crippen LogP contribution >= 0.6 is 11.6 Å². The fourth-order valence-corrected chi connectivity index (χ4v) is 5.04. The predicted octanol–water partition coefficient (Wildman–Crippen LogP) is 8.62. The molecule has 5 aromatic carbocycles. The van der Waals surface area contributed by atoms with E-state index in [-0.39, 0.29) is 0 Å². The quantitative estimate of drug-likeness (QED) is 0.239. The van der Waals surface area contributed by atoms with Gasteiger partial charge >= 0.3 is 0 Å². The highest BCUT2D eigenvalue weighted by Gasteiger charge is 2.16. The molecular weight excluding hydrogens is 488 g/mol. The molecule has 0 aliphatic carbocycles. The van der Waals surface area contributed by atoms with Gasteiger partial charge in [0.05, 0.1) is 11.0 Å². The highest BCUT2D eigenvalue weighted by atomic mass is 35.5. The number of benzene rings is 5. The third-order valence-corrected chi connectivity index (χ3v) is 6.97. The molecule has 2 aromatic heterocycles. The fraction of sp³-hybridized carbons (Fsp3) is 0. The first-order chi connectivity index (χ1) is 18.7. The first-order valence-corrected chi connectivity index (χ1v) is 12.8. The molecule has 5 heteroatoms. The van der Waals surface area contributed by atoms with E-state index in [2.05, 4.69) is 71.3 Å². The van der Waals surface area contributed by atoms with E-state index in [9.17, 15) is 0 Å². The van der Waals surface area contributed by atoms with Crippen molar-refractivity contribution in [2.24, 2.45) is 0 Å². The van der Waals surface area contributed by atoms with Gasteiger partial charge < -0.3 is 4.57 Å². The molecule has 0 spiro atoms. The van der Waals surface area contributed by atoms with E-state index >= 15 is 0 Å². The standard InChI is InChI=1S/C33H21ClN4/c34-25-18-15-23(16-19-25)32-35-31(22-9-3-1-4-10-22)36-33(37-32)24-17-20-30-28(21-24)27-13-7-8-14-29(27)38(30)26-11-5-2-6-12-26/h1-21H. The van der Waals surface area contributed by atoms with Crippen molar-refractivity contribution in [2.75, 3.05) is 0 Å². The van der Waals surface area contributed by atoms with Crippen LogP contribution in [0, 0.1) is 0 Å². The van der Waals surface area contributed by atoms with Crippen LogP contribution in [0.5, 0.6) is 0 Å². The van der Waals surface area contributed by atoms with Crippen molar-refractivity contribution in [3.8, 4) is 39.9 Å². The Kier molecular flexibility index (Phi) is 5.46. The van der Waals surface area contributed by atoms with E-state index < -0.39 is 0 Å². The molecular formula is C33H21ClN4. The van der Waals surface area contributed by atoms with Crippen LogP contribution in [0.1, 0.15) is 0 Å². The van der Waals surface area contributed by atoms with E-state index in [4.69, 9.17) is 26.6 Å². The van der Waals surface area contributed by atoms with Gasteiger partial charge in [-0.2, -0.15) is 0 Å². The van der Waals surface area contributed by atoms with Crippen LogP contribution in [0.15, 0.2) is 127 Å². The van der Waals surface area contributed by atoms with Crippen molar-refractivity contribution in [3.63, 3.8) is 0 Å². The molecule has 0 aliphatic rings. The van der Waals surface area contributed by atoms with Crippen LogP contribution < -0.4 is 0 Å². The van der Waals surface area contributed by atoms with Gasteiger partial charge in [-0.15, -0.1) is 0 Å². The number of para-hydroxylation sites is 2. The van der Waals surface area contributed by atoms with Gasteiger partial charge in [-0.3, -0.25) is 0 Å². The third-order valence-electron chi connectivity index (χ3n) is 6.71. The number of nitrogens with zero attached hydrogens (tertiary/aromatic N) is 4. The highest BCUT2D eigenvalue weighted by molar-refractivity contribution is 6.30. The first-order valence-electron chi connectivity index (χ1n) is 12.4. The number of rotatable bonds is 4. The molecule has 0 fully saturated rings. The predicted molar refractivity (Wildman–Crippen MR) is 155 cm³/mol. The molecule has 7 rings (SSSR count). The summed E-state index contributed by atoms with van der Waals surface area (Å²) in [6.45, 7) is 0. The summed E-state index contributed by atoms with van der Waals surface area (Å²) in [7, 11) is 0. The summed E-state index contributed by atoms with van der Waals surface area (Å²) in [6, 6.07) is 43.0. The van der Waals surface area contributed by atoms with Gasteiger partial charge in [0.1, 0.15) is 0 Å². The fourth-order valence-electron chi connectivity index (χ4n) is 4.92. The summed E-state index contributed by atoms with van der Waals surface area (Å²) in [4.78, 5) is 14.6. The lowest BCUT2D eigenvalue weighted by Gasteiger charge is -2.09. The molecule has 4 nitrogen and oxygen atoms in total. The molecule has 38 heavy (non-hydrogen) atoms. The molecule has 0 aliphatic heterocycles. The molecule has 180 valence electrons. The van der Waals surface area contributed by atoms with E-state index in [1.807, 2.05) is 60.7 Å². The zero-order chi connectivity index (χ0) is 25.5. The minimum atomic E-state index is 0.609. The molecule has 7 aromatic rings. The number of hydrogen-bond acceptors (Lipinski definition) is 3. The smallest absolute Gasteiger partial charge is 0.164 e. The van der Waals surface area contributed by atoms with Crippen molar-refractivity contribution >= 4 is 33.4 Å². The molecule has 0 N–H and O–H groups in total. The second-order valence-corrected chi connectivity index (χ2v) is 9.54. The first kappa shape index (κ1) is 22.4. The van der Waals surface area contributed by atoms with Crippen molar-refractivity contribution in [1.82, 2.24) is 19.5 Å². The summed E-state index contributed by atoms with van der Waals surface area (Å²) in [5.41, 5.74) is 6.18. The Morgan fingerprint density at radius 2 is 0.974 bits per heavy atom. The SMILES string of the molecule is Clc1ccc(-c2nc(-c3ccccc3)nc(-c3ccc4c(c3)c3ccccc3n4-c3ccccc3)n2)cc1. The van der Waals surface area contributed by atoms with Crippen LogP contribution in [-0.4, -0.2) is 19.5 Å². The molecule has 2 heterocycles. The maximum atomic E-state index is 6.15. The Hall–Kier alpha value is -4.80. The van der Waals surface area contributed by atoms with E-state index in [1.54, 1.807) is 0 Å². The zero-order valence-corrected chi connectivity index (χ0v) is 21.0. The number of halogens is 1. The lowest BCUT2D eigenvalue weighted by atomic mass is 10.1. The maximum Gasteiger partial charge on any atom is 0.164 e. The van der Waals surface area contributed by atoms with Gasteiger partial charge in [0.25, 0.3) is 0 Å². The molecule has 0 amide bonds. The molecule has 0 saturated carbocycles. The summed E-state index contributed by atoms with van der Waals surface area (Å²) in [6.07, 6.45) is 0. The lowest BCUT2D eigenvalue weighted by molar-refractivity contribution is 1.07. The number of fused-ring (bicyclic) bond motifs is 3. The van der Waals surface area contributed by atoms with Gasteiger partial charge in [-0.1, -0.05) is 78.3 Å². The van der Waals surface area contributed by atoms with Crippen molar-refractivity contribution in [3.05, 3.63) is 132 Å². The van der Waals surface area contributed by atoms with Crippen LogP contribution in [-0.2, 0) is 0 Å². The zero-order valence-electron chi connectivity index (χ0n) is 20.3. The Labute approximate surface area is 224 Å². The molecule has 0 bridgehead atoms. The molecule has 0 saturated heterocycles. The summed E-state index contributed by atoms with van der Waals surface area (Å²) in [5.74, 6) is 1.87. The Bertz CT molecular complexity index is 1910. The van der Waals surface area contributed by atoms with Gasteiger partial charge in [0, 0.05) is 38.2 Å². The number of aromatic nitrogens is 4. The highest BCUT2D eigenvalue weighted by Crippen LogP contribution is 2.35. The molecule has 0 unspecified atom stereocenters. The van der Waals surface area contributed by atoms with Gasteiger partial charge in [0.15, 0.2) is 17.5 Å². The normalized spacial score (nSPS) is 11.3. The minimum absolute atomic E-state index is 0.609. The number of hydrogen-bond donors (Lipinski definition) is 0. The molecule has 0 atom stereocenters. The van der Waals surface area contributed by atoms with Crippen molar-refractivity contribution in [1.29, 1.82) is 0 Å². The average Bonchev–Trinajstić information content (AvgIpc) is 3.32. The topological polar surface area (TPSA) is 43.6 Å². The van der Waals surface area contributed by atoms with E-state index in [0.29, 0.717) is 22.5 Å². The van der Waals surface area contributed by atoms with Gasteiger partial charge in [-0.05, 0) is 60.7 Å². The van der Waals surface area contributed by atoms with Gasteiger partial charge in [0.2, 0.25) is 0 Å². The summed E-state index contributed by atoms with van der Waals surface area (Å²) < 4.78 is 2.30. The second-order valence-electron chi connectivity index (χ2n) is 9.10. The van der Waals surface area contributed by atoms with Gasteiger partial charge in [-0.25, -0.2) is 15.0 Å². The lowest BCUT2D eigenvalue weighted by Crippen LogP contribution is -2.00. The largest absolute Gasteiger partial charge is 0.309 e. The maximum absolute atomic E-state index is 6.15. The second kappa shape index (κ2) is 9.25. The van der Waals surface area contributed by atoms with Crippen LogP contribution in [0.25, 0.3) is 61.7 Å². The van der Waals surface area contributed by atoms with Crippen molar-refractivity contribution in [2.45, 2.75) is 0 Å². The average molecular weight is 509 g/mol. The summed E-state index contributed by atoms with van der Waals surface area (Å²) >= 11 is 6.15. The van der Waals surface area contributed by atoms with E-state index in [0.717, 1.165) is 38.8 Å². The Balaban J connectivity index is 1.46. The summed E-state index contributed by atoms with van der Waals surface area (Å²) in [5, 5.41) is 3.01. The van der Waals surface area contributed by atoms with E-state index in [1.165, 1.54) is 5.39 Å². The minimum Gasteiger partial charge on any atom is -0.309 e. The van der Waals surface area contributed by atoms with Crippen LogP contribution in [0.2, 0.25) is 5.02 Å². The van der Waals surface area contributed by atoms with Crippen LogP contribution in [0.3, 0.4) is 0 Å². The van der Waals surface area contributed by atoms with Crippen molar-refractivity contribution < 1.29 is 0 Å². The molecule has 0 radical (unpaired) electrons. The monoisotopic (exact) mass is 508 g/mol. The van der Waals surface area contributed by atoms with Crippen LogP contribution in [0.4, 0.5) is 0 Å². The third kappa shape index (κ3) is 3.92. The Morgan fingerprint density at radius 3 is 1.68 bits per heavy atom.